The summed E-state index contributed by atoms with van der Waals surface area (Å²) < 4.78 is 5.56. The molecule has 1 rings (SSSR count). The molecule has 82 valence electrons. The molecule has 0 aliphatic carbocycles. The lowest BCUT2D eigenvalue weighted by atomic mass is 10.1. The van der Waals surface area contributed by atoms with E-state index >= 15 is 0 Å². The third-order valence-corrected chi connectivity index (χ3v) is 2.56. The van der Waals surface area contributed by atoms with Crippen molar-refractivity contribution in [3.63, 3.8) is 0 Å². The molecule has 3 atom stereocenters. The van der Waals surface area contributed by atoms with E-state index in [2.05, 4.69) is 0 Å². The van der Waals surface area contributed by atoms with E-state index in [1.54, 1.807) is 0 Å². The normalized spacial score (nSPS) is 31.4. The molecule has 0 aromatic heterocycles. The van der Waals surface area contributed by atoms with Gasteiger partial charge in [-0.15, -0.1) is 0 Å². The second-order valence-electron chi connectivity index (χ2n) is 3.97. The summed E-state index contributed by atoms with van der Waals surface area (Å²) in [5.41, 5.74) is 0. The summed E-state index contributed by atoms with van der Waals surface area (Å²) in [5, 5.41) is 9.02. The summed E-state index contributed by atoms with van der Waals surface area (Å²) >= 11 is 0. The first-order chi connectivity index (χ1) is 6.54. The van der Waals surface area contributed by atoms with E-state index in [0.29, 0.717) is 6.42 Å². The third-order valence-electron chi connectivity index (χ3n) is 2.56. The van der Waals surface area contributed by atoms with E-state index < -0.39 is 5.97 Å². The van der Waals surface area contributed by atoms with Crippen molar-refractivity contribution in [2.45, 2.75) is 45.4 Å². The molecular formula is C10H19NO3. The molecule has 1 heterocycles. The molecule has 1 aliphatic rings. The molecule has 0 saturated carbocycles. The first-order valence-corrected chi connectivity index (χ1v) is 5.17. The minimum absolute atomic E-state index is 0.132. The van der Waals surface area contributed by atoms with E-state index in [0.717, 1.165) is 13.1 Å². The van der Waals surface area contributed by atoms with Crippen molar-refractivity contribution in [1.82, 2.24) is 4.90 Å². The van der Waals surface area contributed by atoms with Crippen LogP contribution in [0.2, 0.25) is 0 Å². The Hall–Kier alpha value is -0.610. The van der Waals surface area contributed by atoms with Crippen molar-refractivity contribution in [3.8, 4) is 0 Å². The molecule has 4 heteroatoms. The molecule has 4 nitrogen and oxygen atoms in total. The number of carboxylic acid groups (broad SMARTS) is 1. The highest BCUT2D eigenvalue weighted by Gasteiger charge is 2.30. The molecule has 0 radical (unpaired) electrons. The van der Waals surface area contributed by atoms with Crippen LogP contribution in [0, 0.1) is 0 Å². The fraction of sp³-hybridized carbons (Fsp3) is 0.900. The first kappa shape index (κ1) is 11.5. The van der Waals surface area contributed by atoms with Crippen LogP contribution in [-0.2, 0) is 9.53 Å². The van der Waals surface area contributed by atoms with Crippen LogP contribution < -0.4 is 0 Å². The summed E-state index contributed by atoms with van der Waals surface area (Å²) in [7, 11) is 0. The second kappa shape index (κ2) is 4.75. The number of hydrogen-bond donors (Lipinski definition) is 1. The molecule has 0 bridgehead atoms. The maximum absolute atomic E-state index is 11.0. The molecule has 0 aromatic carbocycles. The monoisotopic (exact) mass is 201 g/mol. The molecule has 0 spiro atoms. The second-order valence-corrected chi connectivity index (χ2v) is 3.97. The van der Waals surface area contributed by atoms with Crippen molar-refractivity contribution < 1.29 is 14.6 Å². The highest BCUT2D eigenvalue weighted by molar-refractivity contribution is 5.73. The van der Waals surface area contributed by atoms with Gasteiger partial charge < -0.3 is 9.84 Å². The molecule has 0 unspecified atom stereocenters. The molecule has 0 amide bonds. The minimum atomic E-state index is -0.728. The predicted molar refractivity (Wildman–Crippen MR) is 53.3 cm³/mol. The van der Waals surface area contributed by atoms with Crippen LogP contribution in [0.1, 0.15) is 27.2 Å². The van der Waals surface area contributed by atoms with Gasteiger partial charge in [0.1, 0.15) is 6.04 Å². The van der Waals surface area contributed by atoms with Gasteiger partial charge in [-0.2, -0.15) is 0 Å². The number of ether oxygens (including phenoxy) is 1. The topological polar surface area (TPSA) is 49.8 Å². The number of hydrogen-bond acceptors (Lipinski definition) is 3. The Labute approximate surface area is 84.8 Å². The lowest BCUT2D eigenvalue weighted by Gasteiger charge is -2.38. The van der Waals surface area contributed by atoms with E-state index in [-0.39, 0.29) is 18.2 Å². The lowest BCUT2D eigenvalue weighted by molar-refractivity contribution is -0.149. The summed E-state index contributed by atoms with van der Waals surface area (Å²) in [5.74, 6) is -0.728. The molecule has 1 saturated heterocycles. The number of aliphatic carboxylic acids is 1. The van der Waals surface area contributed by atoms with E-state index in [9.17, 15) is 4.79 Å². The smallest absolute Gasteiger partial charge is 0.320 e. The number of rotatable bonds is 3. The standard InChI is InChI=1S/C10H19NO3/c1-4-9(10(12)13)11-5-7(2)14-8(3)6-11/h7-9H,4-6H2,1-3H3,(H,12,13)/t7-,8+,9-/m1/s1. The minimum Gasteiger partial charge on any atom is -0.480 e. The number of morpholine rings is 1. The quantitative estimate of drug-likeness (QED) is 0.739. The summed E-state index contributed by atoms with van der Waals surface area (Å²) in [4.78, 5) is 13.0. The van der Waals surface area contributed by atoms with Gasteiger partial charge in [-0.1, -0.05) is 6.92 Å². The van der Waals surface area contributed by atoms with Crippen LogP contribution in [0.3, 0.4) is 0 Å². The van der Waals surface area contributed by atoms with E-state index in [1.807, 2.05) is 25.7 Å². The van der Waals surface area contributed by atoms with Crippen molar-refractivity contribution >= 4 is 5.97 Å². The van der Waals surface area contributed by atoms with Crippen molar-refractivity contribution in [2.24, 2.45) is 0 Å². The van der Waals surface area contributed by atoms with Gasteiger partial charge in [0.05, 0.1) is 12.2 Å². The average Bonchev–Trinajstić information content (AvgIpc) is 2.02. The fourth-order valence-electron chi connectivity index (χ4n) is 2.06. The Morgan fingerprint density at radius 2 is 2.00 bits per heavy atom. The van der Waals surface area contributed by atoms with Crippen LogP contribution >= 0.6 is 0 Å². The van der Waals surface area contributed by atoms with Gasteiger partial charge in [-0.25, -0.2) is 0 Å². The molecule has 0 aromatic rings. The largest absolute Gasteiger partial charge is 0.480 e. The summed E-state index contributed by atoms with van der Waals surface area (Å²) in [6.07, 6.45) is 0.911. The maximum atomic E-state index is 11.0. The average molecular weight is 201 g/mol. The number of carbonyl (C=O) groups is 1. The Morgan fingerprint density at radius 1 is 1.50 bits per heavy atom. The lowest BCUT2D eigenvalue weighted by Crippen LogP contribution is -2.52. The zero-order chi connectivity index (χ0) is 10.7. The van der Waals surface area contributed by atoms with Gasteiger partial charge in [0.15, 0.2) is 0 Å². The highest BCUT2D eigenvalue weighted by atomic mass is 16.5. The summed E-state index contributed by atoms with van der Waals surface area (Å²) in [6.45, 7) is 7.31. The first-order valence-electron chi connectivity index (χ1n) is 5.17. The Morgan fingerprint density at radius 3 is 2.36 bits per heavy atom. The zero-order valence-corrected chi connectivity index (χ0v) is 9.06. The van der Waals surface area contributed by atoms with Crippen molar-refractivity contribution in [3.05, 3.63) is 0 Å². The van der Waals surface area contributed by atoms with Gasteiger partial charge in [0, 0.05) is 13.1 Å². The molecule has 1 fully saturated rings. The van der Waals surface area contributed by atoms with Crippen molar-refractivity contribution in [1.29, 1.82) is 0 Å². The molecule has 1 aliphatic heterocycles. The van der Waals surface area contributed by atoms with Gasteiger partial charge in [0.2, 0.25) is 0 Å². The van der Waals surface area contributed by atoms with Gasteiger partial charge in [0.25, 0.3) is 0 Å². The Kier molecular flexibility index (Phi) is 3.89. The molecular weight excluding hydrogens is 182 g/mol. The SMILES string of the molecule is CC[C@H](C(=O)O)N1C[C@@H](C)O[C@@H](C)C1. The Balaban J connectivity index is 2.61. The maximum Gasteiger partial charge on any atom is 0.320 e. The van der Waals surface area contributed by atoms with Gasteiger partial charge >= 0.3 is 5.97 Å². The van der Waals surface area contributed by atoms with Crippen LogP contribution in [0.15, 0.2) is 0 Å². The van der Waals surface area contributed by atoms with Crippen LogP contribution in [0.4, 0.5) is 0 Å². The van der Waals surface area contributed by atoms with E-state index in [4.69, 9.17) is 9.84 Å². The molecule has 1 N–H and O–H groups in total. The fourth-order valence-corrected chi connectivity index (χ4v) is 2.06. The van der Waals surface area contributed by atoms with Gasteiger partial charge in [-0.05, 0) is 20.3 Å². The van der Waals surface area contributed by atoms with Crippen molar-refractivity contribution in [2.75, 3.05) is 13.1 Å². The Bertz CT molecular complexity index is 198. The number of nitrogens with zero attached hydrogens (tertiary/aromatic N) is 1. The summed E-state index contributed by atoms with van der Waals surface area (Å²) in [6, 6.07) is -0.358. The van der Waals surface area contributed by atoms with Crippen LogP contribution in [0.5, 0.6) is 0 Å². The third kappa shape index (κ3) is 2.69. The van der Waals surface area contributed by atoms with Crippen LogP contribution in [-0.4, -0.2) is 47.3 Å². The predicted octanol–water partition coefficient (Wildman–Crippen LogP) is 0.959. The number of carboxylic acids is 1. The molecule has 14 heavy (non-hydrogen) atoms. The van der Waals surface area contributed by atoms with Gasteiger partial charge in [-0.3, -0.25) is 9.69 Å². The van der Waals surface area contributed by atoms with E-state index in [1.165, 1.54) is 0 Å². The highest BCUT2D eigenvalue weighted by Crippen LogP contribution is 2.15. The zero-order valence-electron chi connectivity index (χ0n) is 9.06. The van der Waals surface area contributed by atoms with Crippen LogP contribution in [0.25, 0.3) is 0 Å².